The van der Waals surface area contributed by atoms with Crippen LogP contribution in [0.1, 0.15) is 40.5 Å². The first-order valence-electron chi connectivity index (χ1n) is 8.62. The topological polar surface area (TPSA) is 76.2 Å². The smallest absolute Gasteiger partial charge is 0.410 e. The summed E-state index contributed by atoms with van der Waals surface area (Å²) >= 11 is 0. The van der Waals surface area contributed by atoms with Crippen molar-refractivity contribution in [3.8, 4) is 0 Å². The molecule has 0 aromatic carbocycles. The molecular formula is C18H30N2O5. The summed E-state index contributed by atoms with van der Waals surface area (Å²) in [5.41, 5.74) is -0.488. The van der Waals surface area contributed by atoms with Gasteiger partial charge in [-0.05, 0) is 40.5 Å². The Kier molecular flexibility index (Phi) is 7.45. The average molecular weight is 354 g/mol. The normalized spacial score (nSPS) is 16.4. The quantitative estimate of drug-likeness (QED) is 0.326. The minimum atomic E-state index is -0.601. The van der Waals surface area contributed by atoms with Crippen LogP contribution in [0.25, 0.3) is 0 Å². The molecule has 0 spiro atoms. The maximum absolute atomic E-state index is 12.7. The van der Waals surface area contributed by atoms with Gasteiger partial charge in [0.15, 0.2) is 5.78 Å². The Morgan fingerprint density at radius 2 is 1.72 bits per heavy atom. The Balaban J connectivity index is 2.72. The molecule has 7 nitrogen and oxygen atoms in total. The first-order chi connectivity index (χ1) is 11.5. The van der Waals surface area contributed by atoms with E-state index in [1.807, 2.05) is 20.8 Å². The van der Waals surface area contributed by atoms with Gasteiger partial charge in [-0.25, -0.2) is 9.59 Å². The summed E-state index contributed by atoms with van der Waals surface area (Å²) in [6.07, 6.45) is 2.14. The van der Waals surface area contributed by atoms with Gasteiger partial charge in [0, 0.05) is 39.3 Å². The van der Waals surface area contributed by atoms with Crippen LogP contribution in [0, 0.1) is 5.92 Å². The second kappa shape index (κ2) is 8.87. The molecule has 1 heterocycles. The number of nitrogens with zero attached hydrogens (tertiary/aromatic N) is 2. The van der Waals surface area contributed by atoms with Gasteiger partial charge in [-0.2, -0.15) is 0 Å². The van der Waals surface area contributed by atoms with Crippen LogP contribution in [-0.4, -0.2) is 67.0 Å². The van der Waals surface area contributed by atoms with Crippen LogP contribution in [0.15, 0.2) is 11.8 Å². The van der Waals surface area contributed by atoms with Crippen LogP contribution in [0.2, 0.25) is 0 Å². The van der Waals surface area contributed by atoms with Gasteiger partial charge in [-0.15, -0.1) is 0 Å². The number of piperidine rings is 1. The van der Waals surface area contributed by atoms with Crippen LogP contribution in [0.3, 0.4) is 0 Å². The highest BCUT2D eigenvalue weighted by Crippen LogP contribution is 2.23. The van der Waals surface area contributed by atoms with Crippen molar-refractivity contribution in [1.82, 2.24) is 9.80 Å². The van der Waals surface area contributed by atoms with E-state index in [4.69, 9.17) is 9.47 Å². The van der Waals surface area contributed by atoms with Crippen LogP contribution >= 0.6 is 0 Å². The third-order valence-electron chi connectivity index (χ3n) is 3.67. The first-order valence-corrected chi connectivity index (χ1v) is 8.62. The lowest BCUT2D eigenvalue weighted by Crippen LogP contribution is -2.43. The van der Waals surface area contributed by atoms with Gasteiger partial charge >= 0.3 is 12.1 Å². The number of rotatable bonds is 5. The molecule has 0 radical (unpaired) electrons. The summed E-state index contributed by atoms with van der Waals surface area (Å²) in [6, 6.07) is 0. The second-order valence-corrected chi connectivity index (χ2v) is 7.33. The van der Waals surface area contributed by atoms with E-state index in [1.165, 1.54) is 6.20 Å². The number of hydrogen-bond donors (Lipinski definition) is 0. The van der Waals surface area contributed by atoms with Crippen molar-refractivity contribution >= 4 is 17.8 Å². The molecule has 1 fully saturated rings. The van der Waals surface area contributed by atoms with E-state index in [0.29, 0.717) is 25.9 Å². The summed E-state index contributed by atoms with van der Waals surface area (Å²) in [5.74, 6) is -1.12. The van der Waals surface area contributed by atoms with Gasteiger partial charge in [0.1, 0.15) is 11.2 Å². The summed E-state index contributed by atoms with van der Waals surface area (Å²) in [4.78, 5) is 40.1. The number of likely N-dealkylation sites (tertiary alicyclic amines) is 1. The molecule has 0 aliphatic carbocycles. The molecule has 0 N–H and O–H groups in total. The zero-order chi connectivity index (χ0) is 19.2. The number of hydrogen-bond acceptors (Lipinski definition) is 6. The molecule has 0 unspecified atom stereocenters. The Hall–Kier alpha value is -2.05. The predicted molar refractivity (Wildman–Crippen MR) is 93.9 cm³/mol. The van der Waals surface area contributed by atoms with Gasteiger partial charge < -0.3 is 19.3 Å². The number of carbonyl (C=O) groups is 3. The molecule has 1 aliphatic heterocycles. The van der Waals surface area contributed by atoms with Crippen molar-refractivity contribution < 1.29 is 23.9 Å². The van der Waals surface area contributed by atoms with Crippen molar-refractivity contribution in [2.24, 2.45) is 5.92 Å². The zero-order valence-electron chi connectivity index (χ0n) is 16.1. The zero-order valence-corrected chi connectivity index (χ0v) is 16.1. The lowest BCUT2D eigenvalue weighted by atomic mass is 9.89. The Morgan fingerprint density at radius 1 is 1.16 bits per heavy atom. The molecule has 0 bridgehead atoms. The number of amides is 1. The Bertz CT molecular complexity index is 526. The van der Waals surface area contributed by atoms with Gasteiger partial charge in [-0.1, -0.05) is 0 Å². The van der Waals surface area contributed by atoms with Crippen molar-refractivity contribution in [3.05, 3.63) is 11.8 Å². The third-order valence-corrected chi connectivity index (χ3v) is 3.67. The summed E-state index contributed by atoms with van der Waals surface area (Å²) in [5, 5.41) is 0. The highest BCUT2D eigenvalue weighted by molar-refractivity contribution is 6.18. The number of Topliss-reactive ketones (excluding diaryl/α,β-unsaturated/α-hetero) is 1. The van der Waals surface area contributed by atoms with Crippen molar-refractivity contribution in [2.75, 3.05) is 33.8 Å². The fourth-order valence-electron chi connectivity index (χ4n) is 2.55. The number of ether oxygens (including phenoxy) is 2. The number of ketones is 1. The lowest BCUT2D eigenvalue weighted by molar-refractivity contribution is -0.140. The fraction of sp³-hybridized carbons (Fsp3) is 0.722. The SMILES string of the molecule is CCOC(=O)/C(=C\N(C)C)C(=O)C1CCN(C(=O)OC(C)(C)C)CC1. The van der Waals surface area contributed by atoms with Crippen LogP contribution in [0.5, 0.6) is 0 Å². The Labute approximate surface area is 149 Å². The van der Waals surface area contributed by atoms with Gasteiger partial charge in [0.05, 0.1) is 6.61 Å². The van der Waals surface area contributed by atoms with Crippen molar-refractivity contribution in [2.45, 2.75) is 46.1 Å². The highest BCUT2D eigenvalue weighted by Gasteiger charge is 2.33. The predicted octanol–water partition coefficient (Wildman–Crippen LogP) is 2.21. The molecule has 1 saturated heterocycles. The van der Waals surface area contributed by atoms with E-state index in [9.17, 15) is 14.4 Å². The highest BCUT2D eigenvalue weighted by atomic mass is 16.6. The second-order valence-electron chi connectivity index (χ2n) is 7.33. The largest absolute Gasteiger partial charge is 0.462 e. The molecule has 0 aromatic rings. The Morgan fingerprint density at radius 3 is 2.16 bits per heavy atom. The average Bonchev–Trinajstić information content (AvgIpc) is 2.50. The van der Waals surface area contributed by atoms with Crippen LogP contribution in [0.4, 0.5) is 4.79 Å². The molecular weight excluding hydrogens is 324 g/mol. The summed E-state index contributed by atoms with van der Waals surface area (Å²) < 4.78 is 10.3. The summed E-state index contributed by atoms with van der Waals surface area (Å²) in [6.45, 7) is 8.24. The monoisotopic (exact) mass is 354 g/mol. The van der Waals surface area contributed by atoms with E-state index in [-0.39, 0.29) is 30.0 Å². The molecule has 142 valence electrons. The molecule has 1 rings (SSSR count). The molecule has 0 atom stereocenters. The molecule has 7 heteroatoms. The maximum Gasteiger partial charge on any atom is 0.410 e. The molecule has 1 amide bonds. The van der Waals surface area contributed by atoms with Crippen molar-refractivity contribution in [1.29, 1.82) is 0 Å². The summed E-state index contributed by atoms with van der Waals surface area (Å²) in [7, 11) is 3.50. The lowest BCUT2D eigenvalue weighted by Gasteiger charge is -2.33. The third kappa shape index (κ3) is 6.76. The number of carbonyl (C=O) groups excluding carboxylic acids is 3. The minimum absolute atomic E-state index is 0.0579. The maximum atomic E-state index is 12.7. The molecule has 0 saturated carbocycles. The molecule has 0 aromatic heterocycles. The standard InChI is InChI=1S/C18H30N2O5/c1-7-24-16(22)14(12-19(5)6)15(21)13-8-10-20(11-9-13)17(23)25-18(2,3)4/h12-13H,7-11H2,1-6H3/b14-12-. The fourth-order valence-corrected chi connectivity index (χ4v) is 2.55. The first kappa shape index (κ1) is 21.0. The van der Waals surface area contributed by atoms with E-state index in [1.54, 1.807) is 30.8 Å². The van der Waals surface area contributed by atoms with Gasteiger partial charge in [-0.3, -0.25) is 4.79 Å². The van der Waals surface area contributed by atoms with E-state index in [2.05, 4.69) is 0 Å². The minimum Gasteiger partial charge on any atom is -0.462 e. The number of esters is 1. The van der Waals surface area contributed by atoms with E-state index >= 15 is 0 Å². The van der Waals surface area contributed by atoms with E-state index < -0.39 is 11.6 Å². The molecule has 1 aliphatic rings. The van der Waals surface area contributed by atoms with Gasteiger partial charge in [0.25, 0.3) is 0 Å². The van der Waals surface area contributed by atoms with E-state index in [0.717, 1.165) is 0 Å². The van der Waals surface area contributed by atoms with Crippen LogP contribution in [-0.2, 0) is 19.1 Å². The van der Waals surface area contributed by atoms with Gasteiger partial charge in [0.2, 0.25) is 0 Å². The van der Waals surface area contributed by atoms with Crippen molar-refractivity contribution in [3.63, 3.8) is 0 Å². The van der Waals surface area contributed by atoms with Crippen LogP contribution < -0.4 is 0 Å². The molecule has 25 heavy (non-hydrogen) atoms.